The SMILES string of the molecule is CC(C)C1OC[C-]=C1C#Cc1ccccc1.[C-]#[O+].[C-]#[O+].[C-]#[O+].[CH]1[CH][CH][CH][CH]1.[W]. The smallest absolute Gasteiger partial charge is 0 e. The molecule has 1 saturated carbocycles. The van der Waals surface area contributed by atoms with Gasteiger partial charge in [0.05, 0.1) is 6.10 Å². The summed E-state index contributed by atoms with van der Waals surface area (Å²) in [7, 11) is 0. The van der Waals surface area contributed by atoms with Crippen molar-refractivity contribution in [1.29, 1.82) is 0 Å². The van der Waals surface area contributed by atoms with Gasteiger partial charge in [-0.1, -0.05) is 32.0 Å². The van der Waals surface area contributed by atoms with E-state index in [-0.39, 0.29) is 27.2 Å². The summed E-state index contributed by atoms with van der Waals surface area (Å²) in [5, 5.41) is 0. The van der Waals surface area contributed by atoms with E-state index in [2.05, 4.69) is 51.7 Å². The third-order valence-corrected chi connectivity index (χ3v) is 3.09. The van der Waals surface area contributed by atoms with E-state index in [1.807, 2.05) is 62.4 Å². The Bertz CT molecular complexity index is 607. The molecule has 4 nitrogen and oxygen atoms in total. The molecule has 0 spiro atoms. The Morgan fingerprint density at radius 3 is 1.79 bits per heavy atom. The molecular formula is C23H20O4W-. The Morgan fingerprint density at radius 1 is 0.893 bits per heavy atom. The van der Waals surface area contributed by atoms with Crippen LogP contribution < -0.4 is 0 Å². The zero-order valence-corrected chi connectivity index (χ0v) is 18.6. The molecule has 5 heteroatoms. The number of hydrogen-bond donors (Lipinski definition) is 0. The second-order valence-corrected chi connectivity index (χ2v) is 5.14. The second-order valence-electron chi connectivity index (χ2n) is 5.14. The van der Waals surface area contributed by atoms with Crippen molar-refractivity contribution in [3.63, 3.8) is 0 Å². The van der Waals surface area contributed by atoms with Crippen molar-refractivity contribution in [1.82, 2.24) is 0 Å². The van der Waals surface area contributed by atoms with E-state index in [1.54, 1.807) is 0 Å². The van der Waals surface area contributed by atoms with Crippen LogP contribution in [0.2, 0.25) is 0 Å². The van der Waals surface area contributed by atoms with Crippen LogP contribution in [0.1, 0.15) is 19.4 Å². The van der Waals surface area contributed by atoms with Crippen LogP contribution >= 0.6 is 0 Å². The van der Waals surface area contributed by atoms with E-state index in [0.717, 1.165) is 11.1 Å². The van der Waals surface area contributed by atoms with Crippen molar-refractivity contribution in [2.24, 2.45) is 5.92 Å². The zero-order valence-electron chi connectivity index (χ0n) is 15.7. The monoisotopic (exact) mass is 544 g/mol. The summed E-state index contributed by atoms with van der Waals surface area (Å²) in [6.45, 7) is 18.4. The molecular weight excluding hydrogens is 524 g/mol. The molecule has 0 amide bonds. The predicted octanol–water partition coefficient (Wildman–Crippen LogP) is 3.73. The number of rotatable bonds is 1. The largest absolute Gasteiger partial charge is 0.0312 e. The van der Waals surface area contributed by atoms with Crippen molar-refractivity contribution < 1.29 is 39.8 Å². The van der Waals surface area contributed by atoms with Gasteiger partial charge in [0, 0.05) is 26.6 Å². The molecule has 1 aliphatic heterocycles. The Hall–Kier alpha value is -1.61. The van der Waals surface area contributed by atoms with E-state index in [4.69, 9.17) is 18.7 Å². The maximum atomic E-state index is 7.50. The van der Waals surface area contributed by atoms with Gasteiger partial charge in [-0.15, -0.1) is 0 Å². The van der Waals surface area contributed by atoms with Crippen LogP contribution in [0, 0.1) is 75.9 Å². The predicted molar refractivity (Wildman–Crippen MR) is 97.9 cm³/mol. The topological polar surface area (TPSA) is 68.9 Å². The minimum atomic E-state index is 0. The van der Waals surface area contributed by atoms with Crippen molar-refractivity contribution >= 4 is 0 Å². The minimum Gasteiger partial charge on any atom is -0.0312 e. The van der Waals surface area contributed by atoms with Crippen molar-refractivity contribution in [2.75, 3.05) is 6.61 Å². The Kier molecular flexibility index (Phi) is 26.0. The van der Waals surface area contributed by atoms with Gasteiger partial charge in [0.2, 0.25) is 0 Å². The van der Waals surface area contributed by atoms with E-state index >= 15 is 0 Å². The average Bonchev–Trinajstić information content (AvgIpc) is 3.47. The molecule has 0 aromatic heterocycles. The fourth-order valence-electron chi connectivity index (χ4n) is 2.02. The fraction of sp³-hybridized carbons (Fsp3) is 0.217. The van der Waals surface area contributed by atoms with Crippen LogP contribution in [0.4, 0.5) is 0 Å². The van der Waals surface area contributed by atoms with Gasteiger partial charge in [0.15, 0.2) is 0 Å². The fourth-order valence-corrected chi connectivity index (χ4v) is 2.02. The molecule has 143 valence electrons. The van der Waals surface area contributed by atoms with Crippen LogP contribution in [-0.4, -0.2) is 12.7 Å². The van der Waals surface area contributed by atoms with E-state index in [9.17, 15) is 0 Å². The van der Waals surface area contributed by atoms with Crippen molar-refractivity contribution in [3.8, 4) is 11.8 Å². The Balaban J connectivity index is -0.000000437. The third-order valence-electron chi connectivity index (χ3n) is 3.09. The van der Waals surface area contributed by atoms with Crippen LogP contribution in [0.3, 0.4) is 0 Å². The Morgan fingerprint density at radius 2 is 1.36 bits per heavy atom. The molecule has 1 heterocycles. The zero-order chi connectivity index (χ0) is 20.9. The first-order valence-electron chi connectivity index (χ1n) is 7.84. The summed E-state index contributed by atoms with van der Waals surface area (Å²) in [5.41, 5.74) is 2.03. The normalized spacial score (nSPS) is 15.5. The van der Waals surface area contributed by atoms with Crippen LogP contribution in [0.15, 0.2) is 35.9 Å². The molecule has 1 aromatic carbocycles. The molecule has 1 aromatic rings. The Labute approximate surface area is 183 Å². The maximum Gasteiger partial charge on any atom is 0 e. The molecule has 1 aliphatic carbocycles. The molecule has 5 radical (unpaired) electrons. The molecule has 1 fully saturated rings. The molecule has 1 unspecified atom stereocenters. The molecule has 0 saturated heterocycles. The minimum absolute atomic E-state index is 0. The quantitative estimate of drug-likeness (QED) is 0.302. The van der Waals surface area contributed by atoms with Crippen LogP contribution in [-0.2, 0) is 39.8 Å². The summed E-state index contributed by atoms with van der Waals surface area (Å²) in [5.74, 6) is 6.76. The van der Waals surface area contributed by atoms with Gasteiger partial charge < -0.3 is 4.74 Å². The van der Waals surface area contributed by atoms with E-state index in [1.165, 1.54) is 0 Å². The van der Waals surface area contributed by atoms with Gasteiger partial charge in [-0.25, -0.2) is 6.08 Å². The van der Waals surface area contributed by atoms with Crippen LogP contribution in [0.25, 0.3) is 0 Å². The first-order chi connectivity index (χ1) is 13.3. The summed E-state index contributed by atoms with van der Waals surface area (Å²) >= 11 is 0. The average molecular weight is 544 g/mol. The van der Waals surface area contributed by atoms with Gasteiger partial charge in [0.25, 0.3) is 0 Å². The van der Waals surface area contributed by atoms with Gasteiger partial charge in [-0.2, -0.15) is 11.5 Å². The van der Waals surface area contributed by atoms with Gasteiger partial charge in [-0.05, 0) is 56.8 Å². The molecule has 0 bridgehead atoms. The first kappa shape index (κ1) is 31.1. The number of hydrogen-bond acceptors (Lipinski definition) is 1. The van der Waals surface area contributed by atoms with E-state index in [0.29, 0.717) is 12.5 Å². The number of ether oxygens (including phenoxy) is 1. The van der Waals surface area contributed by atoms with Gasteiger partial charge >= 0.3 is 33.9 Å². The van der Waals surface area contributed by atoms with Crippen molar-refractivity contribution in [3.05, 3.63) is 99.6 Å². The summed E-state index contributed by atoms with van der Waals surface area (Å²) in [4.78, 5) is 0. The third kappa shape index (κ3) is 14.4. The van der Waals surface area contributed by atoms with Crippen LogP contribution in [0.5, 0.6) is 0 Å². The summed E-state index contributed by atoms with van der Waals surface area (Å²) in [6.07, 6.45) is 13.3. The molecule has 3 rings (SSSR count). The molecule has 0 N–H and O–H groups in total. The summed E-state index contributed by atoms with van der Waals surface area (Å²) < 4.78 is 28.1. The molecule has 1 atom stereocenters. The van der Waals surface area contributed by atoms with Crippen molar-refractivity contribution in [2.45, 2.75) is 20.0 Å². The van der Waals surface area contributed by atoms with E-state index < -0.39 is 0 Å². The summed E-state index contributed by atoms with van der Waals surface area (Å²) in [6, 6.07) is 9.99. The maximum absolute atomic E-state index is 7.50. The van der Waals surface area contributed by atoms with Gasteiger partial charge in [0.1, 0.15) is 0 Å². The second kappa shape index (κ2) is 23.4. The first-order valence-corrected chi connectivity index (χ1v) is 7.84. The molecule has 2 aliphatic rings. The number of benzene rings is 1. The standard InChI is InChI=1S/C15H15O.C5H5.3CO.W/c1-12(2)15-14(10-11-16-15)9-8-13-6-4-3-5-7-13;1-2-4-5-3-1;3*1-2;/h3-7,12,15H,11H2,1-2H3;1-5H;;;;/q-1;;;;;. The van der Waals surface area contributed by atoms with Gasteiger partial charge in [-0.3, -0.25) is 5.92 Å². The molecule has 28 heavy (non-hydrogen) atoms.